The molecule has 1 aliphatic rings. The summed E-state index contributed by atoms with van der Waals surface area (Å²) in [4.78, 5) is 27.6. The van der Waals surface area contributed by atoms with E-state index in [9.17, 15) is 19.8 Å². The van der Waals surface area contributed by atoms with Crippen molar-refractivity contribution in [3.8, 4) is 17.2 Å². The van der Waals surface area contributed by atoms with Crippen LogP contribution in [0.15, 0.2) is 46.4 Å². The van der Waals surface area contributed by atoms with Crippen molar-refractivity contribution < 1.29 is 34.0 Å². The topological polar surface area (TPSA) is 106 Å². The lowest BCUT2D eigenvalue weighted by molar-refractivity contribution is -0.140. The molecule has 1 amide bonds. The van der Waals surface area contributed by atoms with E-state index in [0.717, 1.165) is 6.42 Å². The zero-order chi connectivity index (χ0) is 24.8. The molecule has 1 unspecified atom stereocenters. The molecular formula is C25H28BrNO7. The highest BCUT2D eigenvalue weighted by molar-refractivity contribution is 9.10. The van der Waals surface area contributed by atoms with Gasteiger partial charge >= 0.3 is 0 Å². The van der Waals surface area contributed by atoms with Crippen LogP contribution in [0.2, 0.25) is 0 Å². The smallest absolute Gasteiger partial charge is 0.295 e. The quantitative estimate of drug-likeness (QED) is 0.201. The first-order valence-corrected chi connectivity index (χ1v) is 11.7. The molecule has 0 radical (unpaired) electrons. The van der Waals surface area contributed by atoms with Gasteiger partial charge in [-0.3, -0.25) is 9.59 Å². The van der Waals surface area contributed by atoms with Gasteiger partial charge < -0.3 is 29.3 Å². The number of nitrogens with zero attached hydrogens (tertiary/aromatic N) is 1. The Morgan fingerprint density at radius 1 is 1.15 bits per heavy atom. The number of carbonyl (C=O) groups is 2. The van der Waals surface area contributed by atoms with E-state index in [1.165, 1.54) is 12.0 Å². The number of hydrogen-bond acceptors (Lipinski definition) is 7. The minimum Gasteiger partial charge on any atom is -0.507 e. The van der Waals surface area contributed by atoms with Gasteiger partial charge in [-0.2, -0.15) is 0 Å². The van der Waals surface area contributed by atoms with Crippen molar-refractivity contribution in [2.24, 2.45) is 0 Å². The summed E-state index contributed by atoms with van der Waals surface area (Å²) in [6, 6.07) is 9.02. The first-order valence-electron chi connectivity index (χ1n) is 10.9. The Morgan fingerprint density at radius 2 is 1.91 bits per heavy atom. The number of Topliss-reactive ketones (excluding diaryl/α,β-unsaturated/α-hetero) is 1. The average Bonchev–Trinajstić information content (AvgIpc) is 3.09. The fourth-order valence-corrected chi connectivity index (χ4v) is 4.31. The fraction of sp³-hybridized carbons (Fsp3) is 0.360. The van der Waals surface area contributed by atoms with E-state index in [4.69, 9.17) is 14.2 Å². The molecule has 2 aromatic carbocycles. The number of carbonyl (C=O) groups excluding carboxylic acids is 2. The Hall–Kier alpha value is -3.04. The molecule has 1 aliphatic heterocycles. The third-order valence-corrected chi connectivity index (χ3v) is 6.06. The van der Waals surface area contributed by atoms with Gasteiger partial charge in [-0.25, -0.2) is 0 Å². The van der Waals surface area contributed by atoms with Gasteiger partial charge in [0.1, 0.15) is 11.5 Å². The monoisotopic (exact) mass is 533 g/mol. The highest BCUT2D eigenvalue weighted by Crippen LogP contribution is 2.44. The number of benzene rings is 2. The number of aliphatic hydroxyl groups is 1. The van der Waals surface area contributed by atoms with Crippen LogP contribution in [0.3, 0.4) is 0 Å². The van der Waals surface area contributed by atoms with Crippen molar-refractivity contribution in [2.75, 3.05) is 34.0 Å². The molecule has 2 aromatic rings. The van der Waals surface area contributed by atoms with Crippen LogP contribution in [0, 0.1) is 0 Å². The van der Waals surface area contributed by atoms with Crippen LogP contribution in [0.1, 0.15) is 36.9 Å². The predicted molar refractivity (Wildman–Crippen MR) is 130 cm³/mol. The van der Waals surface area contributed by atoms with E-state index in [-0.39, 0.29) is 29.4 Å². The highest BCUT2D eigenvalue weighted by atomic mass is 79.9. The standard InChI is InChI=1S/C25H28BrNO7/c1-4-10-34-17-8-5-7-15(12-17)22(28)20-21(16-13-18(26)23(29)19(14-16)33-3)27(9-6-11-32-2)25(31)24(20)30/h5,7-8,12-14,21,28-29H,4,6,9-11H2,1-3H3. The lowest BCUT2D eigenvalue weighted by atomic mass is 9.95. The normalized spacial score (nSPS) is 17.3. The van der Waals surface area contributed by atoms with Crippen LogP contribution < -0.4 is 9.47 Å². The molecule has 1 heterocycles. The van der Waals surface area contributed by atoms with Gasteiger partial charge in [-0.15, -0.1) is 0 Å². The molecule has 1 fully saturated rings. The predicted octanol–water partition coefficient (Wildman–Crippen LogP) is 4.41. The highest BCUT2D eigenvalue weighted by Gasteiger charge is 2.46. The summed E-state index contributed by atoms with van der Waals surface area (Å²) in [5, 5.41) is 21.5. The summed E-state index contributed by atoms with van der Waals surface area (Å²) >= 11 is 3.30. The average molecular weight is 534 g/mol. The molecule has 1 atom stereocenters. The van der Waals surface area contributed by atoms with Gasteiger partial charge in [-0.1, -0.05) is 19.1 Å². The maximum absolute atomic E-state index is 13.1. The number of rotatable bonds is 10. The van der Waals surface area contributed by atoms with E-state index in [1.54, 1.807) is 43.5 Å². The molecule has 0 aliphatic carbocycles. The van der Waals surface area contributed by atoms with Crippen molar-refractivity contribution in [3.63, 3.8) is 0 Å². The SMILES string of the molecule is CCCOc1cccc(C(O)=C2C(=O)C(=O)N(CCCOC)C2c2cc(Br)c(O)c(OC)c2)c1. The Kier molecular flexibility index (Phi) is 8.57. The molecule has 1 saturated heterocycles. The Bertz CT molecular complexity index is 1100. The Labute approximate surface area is 206 Å². The minimum absolute atomic E-state index is 0.0466. The number of methoxy groups -OCH3 is 2. The van der Waals surface area contributed by atoms with E-state index >= 15 is 0 Å². The third-order valence-electron chi connectivity index (χ3n) is 5.45. The van der Waals surface area contributed by atoms with Gasteiger partial charge in [-0.05, 0) is 58.6 Å². The fourth-order valence-electron chi connectivity index (χ4n) is 3.85. The van der Waals surface area contributed by atoms with E-state index in [2.05, 4.69) is 15.9 Å². The van der Waals surface area contributed by atoms with E-state index in [0.29, 0.717) is 41.0 Å². The minimum atomic E-state index is -0.886. The number of likely N-dealkylation sites (tertiary alicyclic amines) is 1. The second-order valence-electron chi connectivity index (χ2n) is 7.77. The number of halogens is 1. The molecular weight excluding hydrogens is 506 g/mol. The number of aliphatic hydroxyl groups excluding tert-OH is 1. The molecule has 182 valence electrons. The van der Waals surface area contributed by atoms with Crippen molar-refractivity contribution in [3.05, 3.63) is 57.6 Å². The van der Waals surface area contributed by atoms with Crippen LogP contribution >= 0.6 is 15.9 Å². The zero-order valence-electron chi connectivity index (χ0n) is 19.3. The number of phenolic OH excluding ortho intramolecular Hbond substituents is 1. The molecule has 8 nitrogen and oxygen atoms in total. The summed E-state index contributed by atoms with van der Waals surface area (Å²) in [6.45, 7) is 3.13. The largest absolute Gasteiger partial charge is 0.507 e. The van der Waals surface area contributed by atoms with Crippen LogP contribution in [0.25, 0.3) is 5.76 Å². The van der Waals surface area contributed by atoms with Crippen molar-refractivity contribution >= 4 is 33.4 Å². The summed E-state index contributed by atoms with van der Waals surface area (Å²) in [5.41, 5.74) is 0.811. The Balaban J connectivity index is 2.16. The summed E-state index contributed by atoms with van der Waals surface area (Å²) in [7, 11) is 2.96. The lowest BCUT2D eigenvalue weighted by Crippen LogP contribution is -2.31. The molecule has 0 spiro atoms. The van der Waals surface area contributed by atoms with Gasteiger partial charge in [0.25, 0.3) is 11.7 Å². The van der Waals surface area contributed by atoms with Gasteiger partial charge in [0.15, 0.2) is 11.5 Å². The third kappa shape index (κ3) is 5.20. The second kappa shape index (κ2) is 11.4. The van der Waals surface area contributed by atoms with Crippen LogP contribution in [-0.4, -0.2) is 60.8 Å². The number of ketones is 1. The number of amides is 1. The van der Waals surface area contributed by atoms with Gasteiger partial charge in [0.05, 0.1) is 29.8 Å². The summed E-state index contributed by atoms with van der Waals surface area (Å²) < 4.78 is 16.4. The maximum Gasteiger partial charge on any atom is 0.295 e. The van der Waals surface area contributed by atoms with Crippen molar-refractivity contribution in [2.45, 2.75) is 25.8 Å². The molecule has 2 N–H and O–H groups in total. The second-order valence-corrected chi connectivity index (χ2v) is 8.62. The molecule has 3 rings (SSSR count). The number of aromatic hydroxyl groups is 1. The lowest BCUT2D eigenvalue weighted by Gasteiger charge is -2.26. The molecule has 0 saturated carbocycles. The summed E-state index contributed by atoms with van der Waals surface area (Å²) in [5.74, 6) is -1.20. The zero-order valence-corrected chi connectivity index (χ0v) is 20.9. The number of hydrogen-bond donors (Lipinski definition) is 2. The molecule has 9 heteroatoms. The maximum atomic E-state index is 13.1. The van der Waals surface area contributed by atoms with E-state index in [1.807, 2.05) is 6.92 Å². The van der Waals surface area contributed by atoms with E-state index < -0.39 is 17.7 Å². The van der Waals surface area contributed by atoms with Gasteiger partial charge in [0.2, 0.25) is 0 Å². The number of ether oxygens (including phenoxy) is 3. The van der Waals surface area contributed by atoms with Crippen LogP contribution in [0.5, 0.6) is 17.2 Å². The molecule has 0 aromatic heterocycles. The van der Waals surface area contributed by atoms with Crippen LogP contribution in [-0.2, 0) is 14.3 Å². The van der Waals surface area contributed by atoms with Gasteiger partial charge in [0, 0.05) is 25.8 Å². The van der Waals surface area contributed by atoms with Crippen molar-refractivity contribution in [1.29, 1.82) is 0 Å². The Morgan fingerprint density at radius 3 is 2.59 bits per heavy atom. The van der Waals surface area contributed by atoms with Crippen molar-refractivity contribution in [1.82, 2.24) is 4.90 Å². The number of phenols is 1. The molecule has 34 heavy (non-hydrogen) atoms. The summed E-state index contributed by atoms with van der Waals surface area (Å²) in [6.07, 6.45) is 1.32. The first-order chi connectivity index (χ1) is 16.3. The first kappa shape index (κ1) is 25.6. The van der Waals surface area contributed by atoms with Crippen LogP contribution in [0.4, 0.5) is 0 Å². The molecule has 0 bridgehead atoms.